The molecule has 0 bridgehead atoms. The molecule has 1 aromatic heterocycles. The van der Waals surface area contributed by atoms with Crippen LogP contribution in [0.3, 0.4) is 0 Å². The number of pyridine rings is 1. The molecule has 0 radical (unpaired) electrons. The number of ether oxygens (including phenoxy) is 1. The smallest absolute Gasteiger partial charge is 0.270 e. The van der Waals surface area contributed by atoms with Gasteiger partial charge >= 0.3 is 0 Å². The largest absolute Gasteiger partial charge is 0.496 e. The van der Waals surface area contributed by atoms with Gasteiger partial charge in [0.1, 0.15) is 17.1 Å². The number of nitrogens with zero attached hydrogens (tertiary/aromatic N) is 1. The molecule has 0 unspecified atom stereocenters. The Hall–Kier alpha value is -0.910. The van der Waals surface area contributed by atoms with Crippen LogP contribution in [0.5, 0.6) is 5.75 Å². The van der Waals surface area contributed by atoms with Crippen molar-refractivity contribution in [3.63, 3.8) is 0 Å². The summed E-state index contributed by atoms with van der Waals surface area (Å²) >= 11 is 3.15. The number of halogens is 3. The number of nitrogen functional groups attached to an aromatic ring is 1. The van der Waals surface area contributed by atoms with Gasteiger partial charge in [0, 0.05) is 17.1 Å². The lowest BCUT2D eigenvalue weighted by molar-refractivity contribution is 0.147. The molecule has 1 heterocycles. The van der Waals surface area contributed by atoms with Crippen molar-refractivity contribution in [2.24, 2.45) is 0 Å². The highest BCUT2D eigenvalue weighted by molar-refractivity contribution is 9.08. The minimum Gasteiger partial charge on any atom is -0.496 e. The van der Waals surface area contributed by atoms with Crippen molar-refractivity contribution in [3.8, 4) is 5.75 Å². The molecule has 6 heteroatoms. The van der Waals surface area contributed by atoms with Crippen LogP contribution >= 0.6 is 15.9 Å². The molecule has 0 aliphatic carbocycles. The molecule has 0 atom stereocenters. The minimum atomic E-state index is -2.68. The van der Waals surface area contributed by atoms with Gasteiger partial charge in [0.25, 0.3) is 6.43 Å². The van der Waals surface area contributed by atoms with Crippen LogP contribution in [-0.4, -0.2) is 12.1 Å². The number of hydrogen-bond acceptors (Lipinski definition) is 3. The average molecular weight is 267 g/mol. The molecule has 0 fully saturated rings. The number of hydrogen-bond donors (Lipinski definition) is 1. The van der Waals surface area contributed by atoms with Crippen molar-refractivity contribution in [1.29, 1.82) is 0 Å². The molecule has 0 aromatic carbocycles. The highest BCUT2D eigenvalue weighted by Gasteiger charge is 2.21. The van der Waals surface area contributed by atoms with Gasteiger partial charge in [-0.05, 0) is 0 Å². The summed E-state index contributed by atoms with van der Waals surface area (Å²) in [4.78, 5) is 3.67. The molecule has 0 amide bonds. The van der Waals surface area contributed by atoms with E-state index in [1.165, 1.54) is 13.3 Å². The first-order valence-corrected chi connectivity index (χ1v) is 4.89. The van der Waals surface area contributed by atoms with Gasteiger partial charge < -0.3 is 10.5 Å². The number of rotatable bonds is 3. The second-order valence-electron chi connectivity index (χ2n) is 2.55. The van der Waals surface area contributed by atoms with E-state index in [1.807, 2.05) is 0 Å². The lowest BCUT2D eigenvalue weighted by Gasteiger charge is -2.12. The van der Waals surface area contributed by atoms with E-state index in [-0.39, 0.29) is 17.1 Å². The Morgan fingerprint density at radius 2 is 2.29 bits per heavy atom. The molecule has 0 aliphatic rings. The van der Waals surface area contributed by atoms with Gasteiger partial charge in [0.15, 0.2) is 0 Å². The predicted octanol–water partition coefficient (Wildman–Crippen LogP) is 2.50. The van der Waals surface area contributed by atoms with E-state index in [0.717, 1.165) is 0 Å². The summed E-state index contributed by atoms with van der Waals surface area (Å²) in [5.74, 6) is -0.0917. The molecule has 14 heavy (non-hydrogen) atoms. The van der Waals surface area contributed by atoms with Gasteiger partial charge in [-0.15, -0.1) is 0 Å². The molecule has 1 rings (SSSR count). The van der Waals surface area contributed by atoms with Gasteiger partial charge in [-0.2, -0.15) is 0 Å². The first-order valence-electron chi connectivity index (χ1n) is 3.77. The van der Waals surface area contributed by atoms with Gasteiger partial charge in [-0.3, -0.25) is 0 Å². The van der Waals surface area contributed by atoms with Crippen molar-refractivity contribution >= 4 is 21.7 Å². The van der Waals surface area contributed by atoms with E-state index in [4.69, 9.17) is 10.5 Å². The maximum absolute atomic E-state index is 12.6. The Morgan fingerprint density at radius 1 is 1.64 bits per heavy atom. The molecule has 78 valence electrons. The zero-order valence-corrected chi connectivity index (χ0v) is 9.01. The van der Waals surface area contributed by atoms with Crippen molar-refractivity contribution in [1.82, 2.24) is 4.98 Å². The van der Waals surface area contributed by atoms with Crippen LogP contribution < -0.4 is 10.5 Å². The molecule has 0 saturated carbocycles. The minimum absolute atomic E-state index is 0.101. The Bertz CT molecular complexity index is 333. The maximum Gasteiger partial charge on any atom is 0.270 e. The second-order valence-corrected chi connectivity index (χ2v) is 3.11. The molecule has 0 aliphatic heterocycles. The Kier molecular flexibility index (Phi) is 3.62. The lowest BCUT2D eigenvalue weighted by Crippen LogP contribution is -2.04. The third kappa shape index (κ3) is 1.95. The van der Waals surface area contributed by atoms with Crippen molar-refractivity contribution in [2.45, 2.75) is 11.8 Å². The summed E-state index contributed by atoms with van der Waals surface area (Å²) in [7, 11) is 1.33. The quantitative estimate of drug-likeness (QED) is 0.856. The zero-order chi connectivity index (χ0) is 10.7. The summed E-state index contributed by atoms with van der Waals surface area (Å²) in [6, 6.07) is 0. The van der Waals surface area contributed by atoms with Gasteiger partial charge in [-0.1, -0.05) is 15.9 Å². The number of nitrogens with two attached hydrogens (primary N) is 1. The van der Waals surface area contributed by atoms with Crippen LogP contribution in [0, 0.1) is 0 Å². The van der Waals surface area contributed by atoms with E-state index >= 15 is 0 Å². The standard InChI is InChI=1S/C8H9BrF2N2O/c1-14-6-4(2-9)3-13-8(12)5(6)7(10)11/h3,7H,2H2,1H3,(H2,12,13). The number of alkyl halides is 3. The van der Waals surface area contributed by atoms with Crippen LogP contribution in [0.2, 0.25) is 0 Å². The van der Waals surface area contributed by atoms with Crippen LogP contribution in [-0.2, 0) is 5.33 Å². The third-order valence-corrected chi connectivity index (χ3v) is 2.34. The highest BCUT2D eigenvalue weighted by atomic mass is 79.9. The third-order valence-electron chi connectivity index (χ3n) is 1.74. The fourth-order valence-electron chi connectivity index (χ4n) is 1.11. The Morgan fingerprint density at radius 3 is 2.71 bits per heavy atom. The Balaban J connectivity index is 3.35. The van der Waals surface area contributed by atoms with Crippen LogP contribution in [0.4, 0.5) is 14.6 Å². The molecule has 0 spiro atoms. The molecule has 2 N–H and O–H groups in total. The first kappa shape index (κ1) is 11.2. The molecular formula is C8H9BrF2N2O. The fourth-order valence-corrected chi connectivity index (χ4v) is 1.51. The van der Waals surface area contributed by atoms with E-state index in [1.54, 1.807) is 0 Å². The predicted molar refractivity (Wildman–Crippen MR) is 52.8 cm³/mol. The maximum atomic E-state index is 12.6. The Labute approximate surface area is 88.4 Å². The summed E-state index contributed by atoms with van der Waals surface area (Å²) in [5, 5.41) is 0.392. The average Bonchev–Trinajstić information content (AvgIpc) is 2.16. The number of anilines is 1. The van der Waals surface area contributed by atoms with E-state index in [2.05, 4.69) is 20.9 Å². The summed E-state index contributed by atoms with van der Waals surface area (Å²) in [6.45, 7) is 0. The van der Waals surface area contributed by atoms with Crippen LogP contribution in [0.15, 0.2) is 6.20 Å². The summed E-state index contributed by atoms with van der Waals surface area (Å²) in [5.41, 5.74) is 5.54. The van der Waals surface area contributed by atoms with Gasteiger partial charge in [0.2, 0.25) is 0 Å². The topological polar surface area (TPSA) is 48.1 Å². The van der Waals surface area contributed by atoms with E-state index in [0.29, 0.717) is 10.9 Å². The van der Waals surface area contributed by atoms with Crippen molar-refractivity contribution in [2.75, 3.05) is 12.8 Å². The number of aromatic nitrogens is 1. The normalized spacial score (nSPS) is 10.6. The molecular weight excluding hydrogens is 258 g/mol. The molecule has 0 saturated heterocycles. The summed E-state index contributed by atoms with van der Waals surface area (Å²) in [6.07, 6.45) is -1.27. The number of methoxy groups -OCH3 is 1. The van der Waals surface area contributed by atoms with Crippen molar-refractivity contribution < 1.29 is 13.5 Å². The van der Waals surface area contributed by atoms with Crippen molar-refractivity contribution in [3.05, 3.63) is 17.3 Å². The monoisotopic (exact) mass is 266 g/mol. The first-order chi connectivity index (χ1) is 6.61. The second kappa shape index (κ2) is 4.54. The van der Waals surface area contributed by atoms with Crippen LogP contribution in [0.25, 0.3) is 0 Å². The summed E-state index contributed by atoms with van der Waals surface area (Å²) < 4.78 is 30.0. The van der Waals surface area contributed by atoms with Gasteiger partial charge in [-0.25, -0.2) is 13.8 Å². The highest BCUT2D eigenvalue weighted by Crippen LogP contribution is 2.35. The van der Waals surface area contributed by atoms with E-state index in [9.17, 15) is 8.78 Å². The van der Waals surface area contributed by atoms with Gasteiger partial charge in [0.05, 0.1) is 7.11 Å². The SMILES string of the molecule is COc1c(CBr)cnc(N)c1C(F)F. The fraction of sp³-hybridized carbons (Fsp3) is 0.375. The zero-order valence-electron chi connectivity index (χ0n) is 7.43. The van der Waals surface area contributed by atoms with E-state index < -0.39 is 6.43 Å². The molecule has 1 aromatic rings. The van der Waals surface area contributed by atoms with Crippen LogP contribution in [0.1, 0.15) is 17.6 Å². The molecule has 3 nitrogen and oxygen atoms in total. The lowest BCUT2D eigenvalue weighted by atomic mass is 10.2.